The molecule has 0 heterocycles. The quantitative estimate of drug-likeness (QED) is 0.0262. The third-order valence-electron chi connectivity index (χ3n) is 12.5. The van der Waals surface area contributed by atoms with Crippen LogP contribution < -0.4 is 0 Å². The third-order valence-corrected chi connectivity index (χ3v) is 12.5. The smallest absolute Gasteiger partial charge is 0.306 e. The molecule has 1 atom stereocenters. The summed E-state index contributed by atoms with van der Waals surface area (Å²) in [6, 6.07) is 0. The summed E-state index contributed by atoms with van der Waals surface area (Å²) in [4.78, 5) is 38.1. The van der Waals surface area contributed by atoms with E-state index in [0.29, 0.717) is 19.3 Å². The summed E-state index contributed by atoms with van der Waals surface area (Å²) < 4.78 is 16.9. The fraction of sp³-hybridized carbons (Fsp3) is 0.787. The van der Waals surface area contributed by atoms with E-state index < -0.39 is 6.10 Å². The summed E-state index contributed by atoms with van der Waals surface area (Å²) in [7, 11) is 0. The van der Waals surface area contributed by atoms with E-state index >= 15 is 0 Å². The van der Waals surface area contributed by atoms with Gasteiger partial charge < -0.3 is 14.2 Å². The number of hydrogen-bond donors (Lipinski definition) is 0. The lowest BCUT2D eigenvalue weighted by molar-refractivity contribution is -0.167. The molecule has 0 spiro atoms. The highest BCUT2D eigenvalue weighted by atomic mass is 16.6. The third kappa shape index (κ3) is 53.9. The maximum absolute atomic E-state index is 12.9. The van der Waals surface area contributed by atoms with Gasteiger partial charge in [0.25, 0.3) is 0 Å². The van der Waals surface area contributed by atoms with Crippen LogP contribution in [0.3, 0.4) is 0 Å². The molecule has 0 saturated carbocycles. The van der Waals surface area contributed by atoms with Crippen molar-refractivity contribution in [3.8, 4) is 0 Å². The Balaban J connectivity index is 4.39. The Morgan fingerprint density at radius 3 is 0.925 bits per heavy atom. The molecule has 0 rings (SSSR count). The van der Waals surface area contributed by atoms with Gasteiger partial charge in [-0.3, -0.25) is 14.4 Å². The minimum atomic E-state index is -0.784. The molecule has 0 fully saturated rings. The number of allylic oxidation sites excluding steroid dienone is 10. The maximum atomic E-state index is 12.9. The molecular formula is C61H108O6. The highest BCUT2D eigenvalue weighted by Crippen LogP contribution is 2.15. The van der Waals surface area contributed by atoms with E-state index in [4.69, 9.17) is 14.2 Å². The summed E-state index contributed by atoms with van der Waals surface area (Å²) in [5.74, 6) is -0.894. The van der Waals surface area contributed by atoms with Gasteiger partial charge in [0.2, 0.25) is 0 Å². The highest BCUT2D eigenvalue weighted by molar-refractivity contribution is 5.71. The van der Waals surface area contributed by atoms with Gasteiger partial charge in [0.05, 0.1) is 0 Å². The summed E-state index contributed by atoms with van der Waals surface area (Å²) in [5.41, 5.74) is 0. The van der Waals surface area contributed by atoms with Crippen LogP contribution in [0.25, 0.3) is 0 Å². The van der Waals surface area contributed by atoms with Crippen molar-refractivity contribution < 1.29 is 28.6 Å². The second-order valence-corrected chi connectivity index (χ2v) is 19.2. The molecule has 1 unspecified atom stereocenters. The standard InChI is InChI=1S/C61H108O6/c1-4-7-10-13-16-19-22-25-28-30-32-33-36-39-42-45-48-51-54-60(63)66-57-58(56-65-59(62)53-50-47-44-41-38-35-27-24-21-18-15-12-9-6-3)67-61(64)55-52-49-46-43-40-37-34-31-29-26-23-20-17-14-11-8-5-2/h8,11,17,20,24,26-30,58H,4-7,9-10,12-16,18-19,21-23,25,31-57H2,1-3H3/b11-8-,20-17-,27-24-,29-26-,30-28-. The lowest BCUT2D eigenvalue weighted by Gasteiger charge is -2.18. The Hall–Kier alpha value is -2.89. The van der Waals surface area contributed by atoms with Gasteiger partial charge in [0.15, 0.2) is 6.10 Å². The van der Waals surface area contributed by atoms with Crippen LogP contribution in [0.4, 0.5) is 0 Å². The van der Waals surface area contributed by atoms with Crippen LogP contribution in [0.1, 0.15) is 290 Å². The molecule has 0 aromatic rings. The Morgan fingerprint density at radius 1 is 0.313 bits per heavy atom. The Morgan fingerprint density at radius 2 is 0.582 bits per heavy atom. The Bertz CT molecular complexity index is 1210. The lowest BCUT2D eigenvalue weighted by atomic mass is 10.1. The van der Waals surface area contributed by atoms with Crippen molar-refractivity contribution in [3.63, 3.8) is 0 Å². The van der Waals surface area contributed by atoms with E-state index in [0.717, 1.165) is 89.9 Å². The van der Waals surface area contributed by atoms with Crippen molar-refractivity contribution >= 4 is 17.9 Å². The molecule has 0 N–H and O–H groups in total. The van der Waals surface area contributed by atoms with E-state index in [1.54, 1.807) is 0 Å². The van der Waals surface area contributed by atoms with Crippen LogP contribution in [0, 0.1) is 0 Å². The van der Waals surface area contributed by atoms with Crippen molar-refractivity contribution in [2.45, 2.75) is 297 Å². The first-order valence-electron chi connectivity index (χ1n) is 28.8. The molecule has 0 bridgehead atoms. The molecular weight excluding hydrogens is 829 g/mol. The van der Waals surface area contributed by atoms with Gasteiger partial charge in [-0.25, -0.2) is 0 Å². The summed E-state index contributed by atoms with van der Waals surface area (Å²) in [6.07, 6.45) is 69.2. The Kier molecular flexibility index (Phi) is 53.3. The van der Waals surface area contributed by atoms with E-state index in [1.807, 2.05) is 0 Å². The molecule has 6 heteroatoms. The Labute approximate surface area is 415 Å². The largest absolute Gasteiger partial charge is 0.462 e. The topological polar surface area (TPSA) is 78.9 Å². The van der Waals surface area contributed by atoms with Crippen LogP contribution in [0.15, 0.2) is 60.8 Å². The first-order valence-corrected chi connectivity index (χ1v) is 28.8. The molecule has 0 radical (unpaired) electrons. The van der Waals surface area contributed by atoms with Gasteiger partial charge in [0.1, 0.15) is 13.2 Å². The molecule has 388 valence electrons. The van der Waals surface area contributed by atoms with Gasteiger partial charge >= 0.3 is 17.9 Å². The van der Waals surface area contributed by atoms with Crippen LogP contribution in [0.5, 0.6) is 0 Å². The van der Waals surface area contributed by atoms with Crippen molar-refractivity contribution in [2.24, 2.45) is 0 Å². The summed E-state index contributed by atoms with van der Waals surface area (Å²) >= 11 is 0. The fourth-order valence-corrected chi connectivity index (χ4v) is 8.15. The summed E-state index contributed by atoms with van der Waals surface area (Å²) in [5, 5.41) is 0. The molecule has 0 aliphatic rings. The zero-order valence-corrected chi connectivity index (χ0v) is 44.4. The lowest BCUT2D eigenvalue weighted by Crippen LogP contribution is -2.30. The number of hydrogen-bond acceptors (Lipinski definition) is 6. The zero-order chi connectivity index (χ0) is 48.6. The average Bonchev–Trinajstić information content (AvgIpc) is 3.33. The van der Waals surface area contributed by atoms with Crippen molar-refractivity contribution in [3.05, 3.63) is 60.8 Å². The van der Waals surface area contributed by atoms with Crippen LogP contribution in [-0.2, 0) is 28.6 Å². The minimum Gasteiger partial charge on any atom is -0.462 e. The molecule has 0 saturated heterocycles. The minimum absolute atomic E-state index is 0.0822. The van der Waals surface area contributed by atoms with E-state index in [9.17, 15) is 14.4 Å². The predicted octanol–water partition coefficient (Wildman–Crippen LogP) is 19.2. The molecule has 0 aliphatic heterocycles. The highest BCUT2D eigenvalue weighted by Gasteiger charge is 2.19. The van der Waals surface area contributed by atoms with E-state index in [-0.39, 0.29) is 31.1 Å². The SMILES string of the molecule is CC/C=C\C/C=C\C/C=C\CCCCCCCCCC(=O)OC(COC(=O)CCCCCCC/C=C\CCCCCCC)COC(=O)CCCCCCCCC/C=C\CCCCCCCCC. The number of esters is 3. The van der Waals surface area contributed by atoms with E-state index in [1.165, 1.54) is 161 Å². The van der Waals surface area contributed by atoms with Crippen molar-refractivity contribution in [1.82, 2.24) is 0 Å². The molecule has 0 aliphatic carbocycles. The van der Waals surface area contributed by atoms with Gasteiger partial charge in [-0.1, -0.05) is 229 Å². The normalized spacial score (nSPS) is 12.5. The maximum Gasteiger partial charge on any atom is 0.306 e. The number of carbonyl (C=O) groups is 3. The predicted molar refractivity (Wildman–Crippen MR) is 288 cm³/mol. The number of ether oxygens (including phenoxy) is 3. The number of rotatable bonds is 52. The second-order valence-electron chi connectivity index (χ2n) is 19.2. The van der Waals surface area contributed by atoms with Crippen LogP contribution in [-0.4, -0.2) is 37.2 Å². The van der Waals surface area contributed by atoms with Crippen molar-refractivity contribution in [1.29, 1.82) is 0 Å². The molecule has 6 nitrogen and oxygen atoms in total. The van der Waals surface area contributed by atoms with Crippen LogP contribution in [0.2, 0.25) is 0 Å². The van der Waals surface area contributed by atoms with Gasteiger partial charge in [0, 0.05) is 19.3 Å². The van der Waals surface area contributed by atoms with Gasteiger partial charge in [-0.05, 0) is 103 Å². The average molecular weight is 938 g/mol. The first-order chi connectivity index (χ1) is 33.0. The number of unbranched alkanes of at least 4 members (excludes halogenated alkanes) is 31. The molecule has 0 aromatic carbocycles. The van der Waals surface area contributed by atoms with Crippen molar-refractivity contribution in [2.75, 3.05) is 13.2 Å². The summed E-state index contributed by atoms with van der Waals surface area (Å²) in [6.45, 7) is 6.52. The number of carbonyl (C=O) groups excluding carboxylic acids is 3. The van der Waals surface area contributed by atoms with E-state index in [2.05, 4.69) is 81.5 Å². The molecule has 0 aromatic heterocycles. The van der Waals surface area contributed by atoms with Gasteiger partial charge in [-0.15, -0.1) is 0 Å². The monoisotopic (exact) mass is 937 g/mol. The van der Waals surface area contributed by atoms with Crippen LogP contribution >= 0.6 is 0 Å². The fourth-order valence-electron chi connectivity index (χ4n) is 8.15. The van der Waals surface area contributed by atoms with Gasteiger partial charge in [-0.2, -0.15) is 0 Å². The molecule has 67 heavy (non-hydrogen) atoms. The second kappa shape index (κ2) is 55.7. The zero-order valence-electron chi connectivity index (χ0n) is 44.4. The molecule has 0 amide bonds. The first kappa shape index (κ1) is 64.1.